The maximum atomic E-state index is 5.42. The molecule has 2 aromatic heterocycles. The fourth-order valence-corrected chi connectivity index (χ4v) is 3.34. The molecule has 0 aliphatic heterocycles. The molecule has 0 amide bonds. The Morgan fingerprint density at radius 3 is 2.18 bits per heavy atom. The van der Waals surface area contributed by atoms with Crippen molar-refractivity contribution in [2.45, 2.75) is 6.92 Å². The summed E-state index contributed by atoms with van der Waals surface area (Å²) in [6, 6.07) is 9.54. The fraction of sp³-hybridized carbons (Fsp3) is 0.375. The second-order valence-corrected chi connectivity index (χ2v) is 7.59. The van der Waals surface area contributed by atoms with Gasteiger partial charge in [-0.25, -0.2) is 15.0 Å². The minimum Gasteiger partial charge on any atom is -0.493 e. The summed E-state index contributed by atoms with van der Waals surface area (Å²) in [5.41, 5.74) is 2.41. The number of benzene rings is 1. The number of hydrogen-bond donors (Lipinski definition) is 1. The molecule has 0 bridgehead atoms. The normalized spacial score (nSPS) is 10.8. The molecule has 0 atom stereocenters. The molecule has 3 aromatic rings. The predicted molar refractivity (Wildman–Crippen MR) is 131 cm³/mol. The fourth-order valence-electron chi connectivity index (χ4n) is 3.34. The first-order chi connectivity index (χ1) is 16.0. The molecule has 3 rings (SSSR count). The number of likely N-dealkylation sites (N-methyl/N-ethyl adjacent to an activating group) is 2. The number of anilines is 3. The molecule has 0 unspecified atom stereocenters. The molecule has 0 saturated heterocycles. The minimum atomic E-state index is 0.451. The van der Waals surface area contributed by atoms with E-state index < -0.39 is 0 Å². The van der Waals surface area contributed by atoms with E-state index >= 15 is 0 Å². The lowest BCUT2D eigenvalue weighted by Crippen LogP contribution is -2.32. The van der Waals surface area contributed by atoms with Crippen molar-refractivity contribution in [2.24, 2.45) is 0 Å². The Morgan fingerprint density at radius 2 is 1.64 bits per heavy atom. The maximum absolute atomic E-state index is 5.42. The van der Waals surface area contributed by atoms with Crippen LogP contribution in [-0.4, -0.2) is 74.9 Å². The Balaban J connectivity index is 1.80. The van der Waals surface area contributed by atoms with E-state index in [1.165, 1.54) is 0 Å². The third kappa shape index (κ3) is 6.01. The topological polar surface area (TPSA) is 84.9 Å². The van der Waals surface area contributed by atoms with Crippen molar-refractivity contribution in [1.29, 1.82) is 0 Å². The molecule has 9 nitrogen and oxygen atoms in total. The summed E-state index contributed by atoms with van der Waals surface area (Å²) in [5.74, 6) is 3.02. The van der Waals surface area contributed by atoms with E-state index in [-0.39, 0.29) is 0 Å². The molecule has 0 aliphatic carbocycles. The number of methoxy groups -OCH3 is 3. The number of rotatable bonds is 11. The summed E-state index contributed by atoms with van der Waals surface area (Å²) in [6.45, 7) is 4.93. The summed E-state index contributed by atoms with van der Waals surface area (Å²) in [5, 5.41) is 3.21. The number of pyridine rings is 1. The molecule has 176 valence electrons. The lowest BCUT2D eigenvalue weighted by atomic mass is 10.2. The van der Waals surface area contributed by atoms with Crippen LogP contribution >= 0.6 is 0 Å². The number of nitrogens with zero attached hydrogens (tertiary/aromatic N) is 5. The lowest BCUT2D eigenvalue weighted by Gasteiger charge is -2.23. The van der Waals surface area contributed by atoms with Gasteiger partial charge in [-0.1, -0.05) is 0 Å². The van der Waals surface area contributed by atoms with Gasteiger partial charge >= 0.3 is 0 Å². The van der Waals surface area contributed by atoms with E-state index in [2.05, 4.69) is 51.1 Å². The number of aromatic nitrogens is 3. The molecule has 9 heteroatoms. The first-order valence-corrected chi connectivity index (χ1v) is 10.7. The molecular weight excluding hydrogens is 420 g/mol. The van der Waals surface area contributed by atoms with Crippen LogP contribution in [0.5, 0.6) is 17.2 Å². The maximum Gasteiger partial charge on any atom is 0.227 e. The average Bonchev–Trinajstić information content (AvgIpc) is 2.84. The Kier molecular flexibility index (Phi) is 8.26. The van der Waals surface area contributed by atoms with Crippen LogP contribution in [0.1, 0.15) is 6.92 Å². The van der Waals surface area contributed by atoms with Crippen molar-refractivity contribution < 1.29 is 14.2 Å². The van der Waals surface area contributed by atoms with Gasteiger partial charge in [0.25, 0.3) is 0 Å². The highest BCUT2D eigenvalue weighted by Crippen LogP contribution is 2.40. The predicted octanol–water partition coefficient (Wildman–Crippen LogP) is 3.70. The van der Waals surface area contributed by atoms with Crippen LogP contribution in [0.2, 0.25) is 0 Å². The summed E-state index contributed by atoms with van der Waals surface area (Å²) in [6.07, 6.45) is 3.56. The van der Waals surface area contributed by atoms with Crippen LogP contribution in [0.15, 0.2) is 42.7 Å². The van der Waals surface area contributed by atoms with Crippen LogP contribution in [0.3, 0.4) is 0 Å². The second kappa shape index (κ2) is 11.3. The van der Waals surface area contributed by atoms with Crippen molar-refractivity contribution in [1.82, 2.24) is 19.9 Å². The molecular formula is C24H32N6O3. The van der Waals surface area contributed by atoms with Crippen LogP contribution in [-0.2, 0) is 0 Å². The summed E-state index contributed by atoms with van der Waals surface area (Å²) < 4.78 is 16.2. The van der Waals surface area contributed by atoms with Gasteiger partial charge in [-0.05, 0) is 39.2 Å². The van der Waals surface area contributed by atoms with Crippen LogP contribution in [0, 0.1) is 0 Å². The van der Waals surface area contributed by atoms with Gasteiger partial charge in [0.1, 0.15) is 5.82 Å². The second-order valence-electron chi connectivity index (χ2n) is 7.59. The van der Waals surface area contributed by atoms with Gasteiger partial charge in [-0.2, -0.15) is 0 Å². The number of ether oxygens (including phenoxy) is 3. The Morgan fingerprint density at radius 1 is 0.909 bits per heavy atom. The van der Waals surface area contributed by atoms with E-state index in [1.807, 2.05) is 24.4 Å². The van der Waals surface area contributed by atoms with Gasteiger partial charge in [-0.3, -0.25) is 0 Å². The van der Waals surface area contributed by atoms with Crippen molar-refractivity contribution >= 4 is 17.5 Å². The highest BCUT2D eigenvalue weighted by Gasteiger charge is 2.14. The quantitative estimate of drug-likeness (QED) is 0.468. The van der Waals surface area contributed by atoms with E-state index in [0.717, 1.165) is 42.4 Å². The molecule has 0 aliphatic rings. The zero-order valence-corrected chi connectivity index (χ0v) is 20.1. The smallest absolute Gasteiger partial charge is 0.227 e. The molecule has 0 saturated carbocycles. The third-order valence-electron chi connectivity index (χ3n) is 5.14. The highest BCUT2D eigenvalue weighted by atomic mass is 16.5. The van der Waals surface area contributed by atoms with Gasteiger partial charge in [-0.15, -0.1) is 0 Å². The zero-order valence-electron chi connectivity index (χ0n) is 20.1. The molecule has 0 spiro atoms. The van der Waals surface area contributed by atoms with Crippen molar-refractivity contribution in [2.75, 3.05) is 65.3 Å². The zero-order chi connectivity index (χ0) is 23.8. The number of hydrogen-bond acceptors (Lipinski definition) is 9. The third-order valence-corrected chi connectivity index (χ3v) is 5.14. The first-order valence-electron chi connectivity index (χ1n) is 10.7. The highest BCUT2D eigenvalue weighted by molar-refractivity contribution is 5.67. The summed E-state index contributed by atoms with van der Waals surface area (Å²) >= 11 is 0. The van der Waals surface area contributed by atoms with E-state index in [4.69, 9.17) is 14.2 Å². The van der Waals surface area contributed by atoms with E-state index in [1.54, 1.807) is 39.7 Å². The van der Waals surface area contributed by atoms with Crippen LogP contribution in [0.25, 0.3) is 11.3 Å². The first kappa shape index (κ1) is 24.1. The van der Waals surface area contributed by atoms with Gasteiger partial charge in [0.05, 0.1) is 27.0 Å². The standard InChI is InChI=1S/C24H32N6O3/c1-7-30(13-12-29(2)3)22-9-8-17(16-26-22)19-10-11-25-24(28-19)27-18-14-20(31-4)23(33-6)21(15-18)32-5/h8-11,14-16H,7,12-13H2,1-6H3,(H,25,27,28). The van der Waals surface area contributed by atoms with E-state index in [9.17, 15) is 0 Å². The summed E-state index contributed by atoms with van der Waals surface area (Å²) in [4.78, 5) is 18.1. The molecule has 2 heterocycles. The monoisotopic (exact) mass is 452 g/mol. The van der Waals surface area contributed by atoms with Gasteiger partial charge in [0, 0.05) is 55.4 Å². The molecule has 33 heavy (non-hydrogen) atoms. The Bertz CT molecular complexity index is 1020. The van der Waals surface area contributed by atoms with Crippen LogP contribution < -0.4 is 24.4 Å². The average molecular weight is 453 g/mol. The number of nitrogens with one attached hydrogen (secondary N) is 1. The molecule has 1 N–H and O–H groups in total. The molecule has 0 radical (unpaired) electrons. The largest absolute Gasteiger partial charge is 0.493 e. The SMILES string of the molecule is CCN(CCN(C)C)c1ccc(-c2ccnc(Nc3cc(OC)c(OC)c(OC)c3)n2)cn1. The summed E-state index contributed by atoms with van der Waals surface area (Å²) in [7, 11) is 8.87. The van der Waals surface area contributed by atoms with Crippen molar-refractivity contribution in [3.05, 3.63) is 42.7 Å². The van der Waals surface area contributed by atoms with Gasteiger partial charge in [0.15, 0.2) is 11.5 Å². The molecule has 0 fully saturated rings. The van der Waals surface area contributed by atoms with Crippen molar-refractivity contribution in [3.8, 4) is 28.5 Å². The van der Waals surface area contributed by atoms with E-state index in [0.29, 0.717) is 23.2 Å². The van der Waals surface area contributed by atoms with Crippen molar-refractivity contribution in [3.63, 3.8) is 0 Å². The minimum absolute atomic E-state index is 0.451. The van der Waals surface area contributed by atoms with Crippen LogP contribution in [0.4, 0.5) is 17.5 Å². The Hall–Kier alpha value is -3.59. The Labute approximate surface area is 195 Å². The lowest BCUT2D eigenvalue weighted by molar-refractivity contribution is 0.324. The molecule has 1 aromatic carbocycles. The van der Waals surface area contributed by atoms with Gasteiger partial charge < -0.3 is 29.3 Å². The van der Waals surface area contributed by atoms with Gasteiger partial charge in [0.2, 0.25) is 11.7 Å².